The molecule has 5 rings (SSSR count). The lowest BCUT2D eigenvalue weighted by atomic mass is 9.99. The van der Waals surface area contributed by atoms with Gasteiger partial charge in [0.2, 0.25) is 0 Å². The molecule has 0 aliphatic heterocycles. The second kappa shape index (κ2) is 5.10. The van der Waals surface area contributed by atoms with Crippen molar-refractivity contribution in [3.05, 3.63) is 79.3 Å². The van der Waals surface area contributed by atoms with E-state index in [-0.39, 0.29) is 0 Å². The third kappa shape index (κ3) is 2.10. The molecule has 0 atom stereocenters. The number of hydrogen-bond acceptors (Lipinski definition) is 1. The topological polar surface area (TPSA) is 44.5 Å². The normalized spacial score (nSPS) is 11.3. The molecular formula is C21H15N3. The Bertz CT molecular complexity index is 1050. The summed E-state index contributed by atoms with van der Waals surface area (Å²) in [5.41, 5.74) is 8.05. The standard InChI is InChI=1S/C21H15N3/c1-3-15(18-7-8-19-21(12-18)24-13-23-19)4-2-14(1)17-6-5-16-9-10-22-20(16)11-17/h1-13,22H,(H,23,24). The number of nitrogens with zero attached hydrogens (tertiary/aromatic N) is 1. The van der Waals surface area contributed by atoms with E-state index in [1.165, 1.54) is 33.2 Å². The molecule has 2 N–H and O–H groups in total. The third-order valence-corrected chi connectivity index (χ3v) is 4.53. The van der Waals surface area contributed by atoms with Crippen LogP contribution in [0.5, 0.6) is 0 Å². The fourth-order valence-electron chi connectivity index (χ4n) is 3.19. The summed E-state index contributed by atoms with van der Waals surface area (Å²) >= 11 is 0. The van der Waals surface area contributed by atoms with Crippen LogP contribution in [-0.2, 0) is 0 Å². The molecule has 24 heavy (non-hydrogen) atoms. The Morgan fingerprint density at radius 1 is 0.583 bits per heavy atom. The summed E-state index contributed by atoms with van der Waals surface area (Å²) in [4.78, 5) is 10.7. The van der Waals surface area contributed by atoms with Crippen molar-refractivity contribution < 1.29 is 0 Å². The zero-order chi connectivity index (χ0) is 15.9. The maximum Gasteiger partial charge on any atom is 0.0931 e. The van der Waals surface area contributed by atoms with Gasteiger partial charge in [0.1, 0.15) is 0 Å². The molecule has 2 heterocycles. The van der Waals surface area contributed by atoms with Crippen LogP contribution in [0.15, 0.2) is 79.3 Å². The minimum absolute atomic E-state index is 0.994. The van der Waals surface area contributed by atoms with Crippen LogP contribution in [0, 0.1) is 0 Å². The fourth-order valence-corrected chi connectivity index (χ4v) is 3.19. The molecule has 3 aromatic carbocycles. The second-order valence-corrected chi connectivity index (χ2v) is 5.99. The van der Waals surface area contributed by atoms with E-state index >= 15 is 0 Å². The van der Waals surface area contributed by atoms with Crippen molar-refractivity contribution in [3.8, 4) is 22.3 Å². The Kier molecular flexibility index (Phi) is 2.79. The summed E-state index contributed by atoms with van der Waals surface area (Å²) in [6.07, 6.45) is 3.71. The summed E-state index contributed by atoms with van der Waals surface area (Å²) in [5.74, 6) is 0. The van der Waals surface area contributed by atoms with Gasteiger partial charge < -0.3 is 9.97 Å². The quantitative estimate of drug-likeness (QED) is 0.452. The van der Waals surface area contributed by atoms with E-state index in [0.717, 1.165) is 11.0 Å². The predicted molar refractivity (Wildman–Crippen MR) is 98.8 cm³/mol. The lowest BCUT2D eigenvalue weighted by molar-refractivity contribution is 1.34. The van der Waals surface area contributed by atoms with Gasteiger partial charge in [-0.25, -0.2) is 4.98 Å². The monoisotopic (exact) mass is 309 g/mol. The molecule has 0 aliphatic carbocycles. The molecule has 5 aromatic rings. The van der Waals surface area contributed by atoms with Crippen LogP contribution in [0.2, 0.25) is 0 Å². The molecule has 0 saturated heterocycles. The van der Waals surface area contributed by atoms with E-state index in [4.69, 9.17) is 0 Å². The van der Waals surface area contributed by atoms with Gasteiger partial charge in [-0.1, -0.05) is 42.5 Å². The maximum absolute atomic E-state index is 4.33. The second-order valence-electron chi connectivity index (χ2n) is 5.99. The number of hydrogen-bond donors (Lipinski definition) is 2. The number of nitrogens with one attached hydrogen (secondary N) is 2. The lowest BCUT2D eigenvalue weighted by Crippen LogP contribution is -1.81. The highest BCUT2D eigenvalue weighted by molar-refractivity contribution is 5.86. The first-order valence-electron chi connectivity index (χ1n) is 7.98. The van der Waals surface area contributed by atoms with Crippen molar-refractivity contribution >= 4 is 21.9 Å². The zero-order valence-electron chi connectivity index (χ0n) is 13.0. The molecule has 114 valence electrons. The summed E-state index contributed by atoms with van der Waals surface area (Å²) in [6.45, 7) is 0. The first-order chi connectivity index (χ1) is 11.9. The van der Waals surface area contributed by atoms with Gasteiger partial charge in [0, 0.05) is 11.7 Å². The van der Waals surface area contributed by atoms with E-state index in [2.05, 4.69) is 81.7 Å². The molecule has 0 bridgehead atoms. The molecule has 3 nitrogen and oxygen atoms in total. The van der Waals surface area contributed by atoms with Crippen LogP contribution in [0.4, 0.5) is 0 Å². The first kappa shape index (κ1) is 13.1. The van der Waals surface area contributed by atoms with E-state index in [0.29, 0.717) is 0 Å². The van der Waals surface area contributed by atoms with Crippen molar-refractivity contribution in [2.75, 3.05) is 0 Å². The van der Waals surface area contributed by atoms with Crippen LogP contribution in [0.1, 0.15) is 0 Å². The van der Waals surface area contributed by atoms with E-state index < -0.39 is 0 Å². The number of aromatic amines is 2. The average Bonchev–Trinajstić information content (AvgIpc) is 3.29. The number of fused-ring (bicyclic) bond motifs is 2. The van der Waals surface area contributed by atoms with Gasteiger partial charge >= 0.3 is 0 Å². The van der Waals surface area contributed by atoms with Gasteiger partial charge in [0.25, 0.3) is 0 Å². The SMILES string of the molecule is c1cc2ccc(-c3ccc(-c4ccc5[nH]cnc5c4)cc3)cc2[nH]1. The summed E-state index contributed by atoms with van der Waals surface area (Å²) < 4.78 is 0. The Balaban J connectivity index is 1.53. The van der Waals surface area contributed by atoms with Gasteiger partial charge in [0.05, 0.1) is 17.4 Å². The third-order valence-electron chi connectivity index (χ3n) is 4.53. The van der Waals surface area contributed by atoms with E-state index in [1.807, 2.05) is 6.20 Å². The Hall–Kier alpha value is -3.33. The Morgan fingerprint density at radius 3 is 2.12 bits per heavy atom. The molecule has 0 radical (unpaired) electrons. The largest absolute Gasteiger partial charge is 0.361 e. The van der Waals surface area contributed by atoms with Crippen LogP contribution >= 0.6 is 0 Å². The summed E-state index contributed by atoms with van der Waals surface area (Å²) in [5, 5.41) is 1.24. The number of H-pyrrole nitrogens is 2. The van der Waals surface area contributed by atoms with Crippen molar-refractivity contribution in [2.45, 2.75) is 0 Å². The lowest BCUT2D eigenvalue weighted by Gasteiger charge is -2.06. The Labute approximate surface area is 139 Å². The van der Waals surface area contributed by atoms with Crippen LogP contribution in [0.25, 0.3) is 44.2 Å². The molecule has 0 saturated carbocycles. The van der Waals surface area contributed by atoms with Crippen molar-refractivity contribution in [1.29, 1.82) is 0 Å². The van der Waals surface area contributed by atoms with Gasteiger partial charge in [-0.2, -0.15) is 0 Å². The molecule has 0 spiro atoms. The summed E-state index contributed by atoms with van der Waals surface area (Å²) in [7, 11) is 0. The first-order valence-corrected chi connectivity index (χ1v) is 7.98. The average molecular weight is 309 g/mol. The van der Waals surface area contributed by atoms with Crippen molar-refractivity contribution in [3.63, 3.8) is 0 Å². The van der Waals surface area contributed by atoms with Gasteiger partial charge in [-0.3, -0.25) is 0 Å². The van der Waals surface area contributed by atoms with Crippen LogP contribution in [-0.4, -0.2) is 15.0 Å². The highest BCUT2D eigenvalue weighted by Gasteiger charge is 2.04. The zero-order valence-corrected chi connectivity index (χ0v) is 13.0. The minimum atomic E-state index is 0.994. The van der Waals surface area contributed by atoms with Crippen molar-refractivity contribution in [1.82, 2.24) is 15.0 Å². The highest BCUT2D eigenvalue weighted by Crippen LogP contribution is 2.28. The molecular weight excluding hydrogens is 294 g/mol. The van der Waals surface area contributed by atoms with Crippen LogP contribution < -0.4 is 0 Å². The molecule has 2 aromatic heterocycles. The Morgan fingerprint density at radius 2 is 1.29 bits per heavy atom. The van der Waals surface area contributed by atoms with Crippen molar-refractivity contribution in [2.24, 2.45) is 0 Å². The van der Waals surface area contributed by atoms with Gasteiger partial charge in [-0.15, -0.1) is 0 Å². The maximum atomic E-state index is 4.33. The number of imidazole rings is 1. The van der Waals surface area contributed by atoms with Gasteiger partial charge in [-0.05, 0) is 51.9 Å². The molecule has 0 fully saturated rings. The molecule has 0 unspecified atom stereocenters. The highest BCUT2D eigenvalue weighted by atomic mass is 14.9. The molecule has 3 heteroatoms. The van der Waals surface area contributed by atoms with Crippen LogP contribution in [0.3, 0.4) is 0 Å². The molecule has 0 amide bonds. The van der Waals surface area contributed by atoms with E-state index in [1.54, 1.807) is 6.33 Å². The number of rotatable bonds is 2. The fraction of sp³-hybridized carbons (Fsp3) is 0. The summed E-state index contributed by atoms with van der Waals surface area (Å²) in [6, 6.07) is 23.6. The smallest absolute Gasteiger partial charge is 0.0931 e. The number of benzene rings is 3. The minimum Gasteiger partial charge on any atom is -0.361 e. The molecule has 0 aliphatic rings. The van der Waals surface area contributed by atoms with Gasteiger partial charge in [0.15, 0.2) is 0 Å². The van der Waals surface area contributed by atoms with E-state index in [9.17, 15) is 0 Å². The number of aromatic nitrogens is 3. The predicted octanol–water partition coefficient (Wildman–Crippen LogP) is 5.38.